The fourth-order valence-electron chi connectivity index (χ4n) is 2.20. The van der Waals surface area contributed by atoms with E-state index in [1.165, 1.54) is 0 Å². The predicted octanol–water partition coefficient (Wildman–Crippen LogP) is 1.88. The van der Waals surface area contributed by atoms with Crippen molar-refractivity contribution in [2.45, 2.75) is 19.4 Å². The first-order valence-electron chi connectivity index (χ1n) is 6.37. The second-order valence-electron chi connectivity index (χ2n) is 4.75. The van der Waals surface area contributed by atoms with Gasteiger partial charge in [0.2, 0.25) is 0 Å². The summed E-state index contributed by atoms with van der Waals surface area (Å²) < 4.78 is 5.42. The maximum Gasteiger partial charge on any atom is 0.251 e. The van der Waals surface area contributed by atoms with E-state index in [0.717, 1.165) is 25.3 Å². The molecule has 1 heterocycles. The number of carbonyl (C=O) groups excluding carboxylic acids is 1. The molecule has 2 N–H and O–H groups in total. The predicted molar refractivity (Wildman–Crippen MR) is 71.8 cm³/mol. The zero-order valence-electron chi connectivity index (χ0n) is 10.9. The first kappa shape index (κ1) is 12.9. The molecule has 2 atom stereocenters. The van der Waals surface area contributed by atoms with Crippen molar-refractivity contribution < 1.29 is 9.53 Å². The lowest BCUT2D eigenvalue weighted by molar-refractivity contribution is 0.0537. The minimum atomic E-state index is -0.0568. The van der Waals surface area contributed by atoms with Crippen molar-refractivity contribution >= 4 is 11.6 Å². The van der Waals surface area contributed by atoms with Gasteiger partial charge in [-0.05, 0) is 30.5 Å². The SMILES string of the molecule is CNC(=O)c1cccc(NC2CCOCC2C)c1. The van der Waals surface area contributed by atoms with Gasteiger partial charge in [0.05, 0.1) is 6.61 Å². The van der Waals surface area contributed by atoms with Crippen molar-refractivity contribution in [1.82, 2.24) is 5.32 Å². The van der Waals surface area contributed by atoms with E-state index in [1.54, 1.807) is 7.05 Å². The average Bonchev–Trinajstić information content (AvgIpc) is 2.41. The smallest absolute Gasteiger partial charge is 0.251 e. The molecule has 1 fully saturated rings. The van der Waals surface area contributed by atoms with Crippen molar-refractivity contribution in [2.24, 2.45) is 5.92 Å². The van der Waals surface area contributed by atoms with E-state index in [2.05, 4.69) is 17.6 Å². The molecule has 1 aliphatic rings. The minimum absolute atomic E-state index is 0.0568. The van der Waals surface area contributed by atoms with Crippen molar-refractivity contribution in [1.29, 1.82) is 0 Å². The molecule has 1 aromatic carbocycles. The van der Waals surface area contributed by atoms with Gasteiger partial charge in [0.15, 0.2) is 0 Å². The third kappa shape index (κ3) is 3.01. The van der Waals surface area contributed by atoms with Gasteiger partial charge in [-0.2, -0.15) is 0 Å². The molecule has 0 aromatic heterocycles. The summed E-state index contributed by atoms with van der Waals surface area (Å²) in [5.41, 5.74) is 1.68. The van der Waals surface area contributed by atoms with Gasteiger partial charge in [0, 0.05) is 30.9 Å². The normalized spacial score (nSPS) is 23.4. The molecule has 0 radical (unpaired) electrons. The highest BCUT2D eigenvalue weighted by Crippen LogP contribution is 2.20. The first-order valence-corrected chi connectivity index (χ1v) is 6.37. The molecular formula is C14H20N2O2. The fourth-order valence-corrected chi connectivity index (χ4v) is 2.20. The van der Waals surface area contributed by atoms with Crippen LogP contribution in [0.2, 0.25) is 0 Å². The monoisotopic (exact) mass is 248 g/mol. The van der Waals surface area contributed by atoms with E-state index in [9.17, 15) is 4.79 Å². The summed E-state index contributed by atoms with van der Waals surface area (Å²) in [7, 11) is 1.64. The van der Waals surface area contributed by atoms with Gasteiger partial charge in [-0.3, -0.25) is 4.79 Å². The molecule has 98 valence electrons. The Morgan fingerprint density at radius 1 is 1.44 bits per heavy atom. The number of ether oxygens (including phenoxy) is 1. The zero-order valence-corrected chi connectivity index (χ0v) is 10.9. The van der Waals surface area contributed by atoms with Crippen LogP contribution in [-0.4, -0.2) is 32.2 Å². The van der Waals surface area contributed by atoms with Crippen LogP contribution < -0.4 is 10.6 Å². The van der Waals surface area contributed by atoms with Gasteiger partial charge < -0.3 is 15.4 Å². The van der Waals surface area contributed by atoms with Gasteiger partial charge in [0.25, 0.3) is 5.91 Å². The highest BCUT2D eigenvalue weighted by Gasteiger charge is 2.21. The molecule has 4 nitrogen and oxygen atoms in total. The topological polar surface area (TPSA) is 50.4 Å². The summed E-state index contributed by atoms with van der Waals surface area (Å²) in [4.78, 5) is 11.6. The number of amides is 1. The number of benzene rings is 1. The summed E-state index contributed by atoms with van der Waals surface area (Å²) in [6, 6.07) is 8.02. The maximum atomic E-state index is 11.6. The summed E-state index contributed by atoms with van der Waals surface area (Å²) in [6.45, 7) is 3.78. The Morgan fingerprint density at radius 3 is 3.00 bits per heavy atom. The molecule has 2 rings (SSSR count). The van der Waals surface area contributed by atoms with Crippen LogP contribution in [-0.2, 0) is 4.74 Å². The Labute approximate surface area is 108 Å². The van der Waals surface area contributed by atoms with Crippen LogP contribution in [0.3, 0.4) is 0 Å². The van der Waals surface area contributed by atoms with Crippen LogP contribution in [0.5, 0.6) is 0 Å². The van der Waals surface area contributed by atoms with Gasteiger partial charge >= 0.3 is 0 Å². The van der Waals surface area contributed by atoms with Crippen molar-refractivity contribution in [3.8, 4) is 0 Å². The molecule has 1 amide bonds. The van der Waals surface area contributed by atoms with E-state index in [-0.39, 0.29) is 5.91 Å². The lowest BCUT2D eigenvalue weighted by Gasteiger charge is -2.30. The molecule has 4 heteroatoms. The maximum absolute atomic E-state index is 11.6. The van der Waals surface area contributed by atoms with Crippen LogP contribution in [0.15, 0.2) is 24.3 Å². The lowest BCUT2D eigenvalue weighted by Crippen LogP contribution is -2.36. The molecule has 0 bridgehead atoms. The summed E-state index contributed by atoms with van der Waals surface area (Å²) in [5.74, 6) is 0.432. The molecule has 2 unspecified atom stereocenters. The Kier molecular flexibility index (Phi) is 4.20. The molecule has 1 saturated heterocycles. The molecular weight excluding hydrogens is 228 g/mol. The molecule has 1 aromatic rings. The Morgan fingerprint density at radius 2 is 2.28 bits per heavy atom. The quantitative estimate of drug-likeness (QED) is 0.858. The zero-order chi connectivity index (χ0) is 13.0. The van der Waals surface area contributed by atoms with Crippen LogP contribution >= 0.6 is 0 Å². The summed E-state index contributed by atoms with van der Waals surface area (Å²) in [5, 5.41) is 6.12. The van der Waals surface area contributed by atoms with Crippen LogP contribution in [0, 0.1) is 5.92 Å². The molecule has 0 saturated carbocycles. The van der Waals surface area contributed by atoms with E-state index in [0.29, 0.717) is 17.5 Å². The molecule has 0 aliphatic carbocycles. The third-order valence-electron chi connectivity index (χ3n) is 3.34. The Bertz CT molecular complexity index is 420. The number of anilines is 1. The number of hydrogen-bond acceptors (Lipinski definition) is 3. The average molecular weight is 248 g/mol. The van der Waals surface area contributed by atoms with E-state index < -0.39 is 0 Å². The highest BCUT2D eigenvalue weighted by atomic mass is 16.5. The number of rotatable bonds is 3. The second-order valence-corrected chi connectivity index (χ2v) is 4.75. The van der Waals surface area contributed by atoms with E-state index >= 15 is 0 Å². The van der Waals surface area contributed by atoms with Gasteiger partial charge in [0.1, 0.15) is 0 Å². The van der Waals surface area contributed by atoms with E-state index in [4.69, 9.17) is 4.74 Å². The standard InChI is InChI=1S/C14H20N2O2/c1-10-9-18-7-6-13(10)16-12-5-3-4-11(8-12)14(17)15-2/h3-5,8,10,13,16H,6-7,9H2,1-2H3,(H,15,17). The van der Waals surface area contributed by atoms with Gasteiger partial charge in [-0.25, -0.2) is 0 Å². The number of carbonyl (C=O) groups is 1. The number of hydrogen-bond donors (Lipinski definition) is 2. The first-order chi connectivity index (χ1) is 8.70. The molecule has 1 aliphatic heterocycles. The summed E-state index contributed by atoms with van der Waals surface area (Å²) in [6.07, 6.45) is 1.01. The minimum Gasteiger partial charge on any atom is -0.382 e. The Balaban J connectivity index is 2.06. The number of nitrogens with one attached hydrogen (secondary N) is 2. The molecule has 0 spiro atoms. The van der Waals surface area contributed by atoms with E-state index in [1.807, 2.05) is 24.3 Å². The molecule has 18 heavy (non-hydrogen) atoms. The lowest BCUT2D eigenvalue weighted by atomic mass is 9.97. The third-order valence-corrected chi connectivity index (χ3v) is 3.34. The van der Waals surface area contributed by atoms with Crippen LogP contribution in [0.25, 0.3) is 0 Å². The van der Waals surface area contributed by atoms with Crippen LogP contribution in [0.1, 0.15) is 23.7 Å². The van der Waals surface area contributed by atoms with Crippen LogP contribution in [0.4, 0.5) is 5.69 Å². The van der Waals surface area contributed by atoms with Gasteiger partial charge in [-0.15, -0.1) is 0 Å². The van der Waals surface area contributed by atoms with Crippen molar-refractivity contribution in [3.05, 3.63) is 29.8 Å². The van der Waals surface area contributed by atoms with Crippen molar-refractivity contribution in [3.63, 3.8) is 0 Å². The summed E-state index contributed by atoms with van der Waals surface area (Å²) >= 11 is 0. The Hall–Kier alpha value is -1.55. The fraction of sp³-hybridized carbons (Fsp3) is 0.500. The highest BCUT2D eigenvalue weighted by molar-refractivity contribution is 5.94. The second kappa shape index (κ2) is 5.87. The van der Waals surface area contributed by atoms with Crippen molar-refractivity contribution in [2.75, 3.05) is 25.6 Å². The largest absolute Gasteiger partial charge is 0.382 e. The van der Waals surface area contributed by atoms with Gasteiger partial charge in [-0.1, -0.05) is 13.0 Å².